The number of halogens is 1. The van der Waals surface area contributed by atoms with Gasteiger partial charge in [0.25, 0.3) is 0 Å². The molecule has 1 aliphatic rings. The van der Waals surface area contributed by atoms with E-state index in [-0.39, 0.29) is 21.0 Å². The van der Waals surface area contributed by atoms with E-state index in [1.54, 1.807) is 96.9 Å². The van der Waals surface area contributed by atoms with Gasteiger partial charge in [0.05, 0.1) is 13.2 Å². The van der Waals surface area contributed by atoms with E-state index >= 15 is 0 Å². The molecule has 15 nitrogen and oxygen atoms in total. The summed E-state index contributed by atoms with van der Waals surface area (Å²) in [5.41, 5.74) is -3.82. The van der Waals surface area contributed by atoms with Crippen molar-refractivity contribution in [1.29, 1.82) is 0 Å². The van der Waals surface area contributed by atoms with Crippen molar-refractivity contribution in [3.05, 3.63) is 21.3 Å². The zero-order valence-corrected chi connectivity index (χ0v) is 34.2. The number of ether oxygens (including phenoxy) is 8. The second-order valence-corrected chi connectivity index (χ2v) is 19.7. The number of hydrogen-bond acceptors (Lipinski definition) is 13. The van der Waals surface area contributed by atoms with Gasteiger partial charge in [0.1, 0.15) is 28.4 Å². The van der Waals surface area contributed by atoms with Crippen LogP contribution in [0, 0.1) is 3.57 Å². The first kappa shape index (κ1) is 43.8. The van der Waals surface area contributed by atoms with Crippen LogP contribution in [0.15, 0.2) is 12.1 Å². The number of carboxylic acid groups (broad SMARTS) is 1. The summed E-state index contributed by atoms with van der Waals surface area (Å²) >= 11 is -1.13. The summed E-state index contributed by atoms with van der Waals surface area (Å²) < 4.78 is 44.7. The van der Waals surface area contributed by atoms with Gasteiger partial charge >= 0.3 is 51.7 Å². The van der Waals surface area contributed by atoms with Crippen LogP contribution < -0.4 is 30.7 Å². The van der Waals surface area contributed by atoms with Crippen molar-refractivity contribution in [2.24, 2.45) is 0 Å². The molecule has 1 aromatic carbocycles. The monoisotopic (exact) mass is 838 g/mol. The second-order valence-electron chi connectivity index (χ2n) is 16.1. The topological polar surface area (TPSA) is 183 Å². The molecule has 1 fully saturated rings. The Morgan fingerprint density at radius 2 is 1.14 bits per heavy atom. The Labute approximate surface area is 310 Å². The Morgan fingerprint density at radius 3 is 1.51 bits per heavy atom. The number of imide groups is 1. The molecule has 1 heterocycles. The van der Waals surface area contributed by atoms with E-state index in [4.69, 9.17) is 37.9 Å². The highest BCUT2D eigenvalue weighted by Crippen LogP contribution is 2.32. The molecular formula is C35H53INO14+. The maximum atomic E-state index is 13.5. The lowest BCUT2D eigenvalue weighted by Crippen LogP contribution is -3.66. The van der Waals surface area contributed by atoms with Gasteiger partial charge in [-0.1, -0.05) is 0 Å². The fourth-order valence-corrected chi connectivity index (χ4v) is 6.97. The number of carbonyl (C=O) groups is 5. The minimum Gasteiger partial charge on any atom is -0.480 e. The van der Waals surface area contributed by atoms with Gasteiger partial charge in [-0.25, -0.2) is 24.0 Å². The molecule has 1 atom stereocenters. The summed E-state index contributed by atoms with van der Waals surface area (Å²) in [5.74, 6) is -2.88. The maximum absolute atomic E-state index is 13.5. The van der Waals surface area contributed by atoms with Gasteiger partial charge in [0.2, 0.25) is 3.92 Å². The maximum Gasteiger partial charge on any atom is 0.514 e. The van der Waals surface area contributed by atoms with Crippen LogP contribution in [0.3, 0.4) is 0 Å². The number of aliphatic carboxylic acids is 1. The number of nitrogens with zero attached hydrogens (tertiary/aromatic N) is 1. The fraction of sp³-hybridized carbons (Fsp3) is 0.686. The lowest BCUT2D eigenvalue weighted by molar-refractivity contribution is -0.676. The third kappa shape index (κ3) is 15.8. The SMILES string of the molecule is CC(C)(C)OC(=O)Oc1cc(CC(C(=O)O)N(C(=O)OC(C)(C)C)C(=O)OC(C)(C)C)c([I+]C2COC(C)(C)OC2)cc1OC(=O)OC(C)(C)C. The number of carboxylic acids is 1. The van der Waals surface area contributed by atoms with Crippen molar-refractivity contribution < 1.29 is 88.2 Å². The quantitative estimate of drug-likeness (QED) is 0.131. The third-order valence-corrected chi connectivity index (χ3v) is 9.24. The number of amides is 2. The van der Waals surface area contributed by atoms with E-state index in [0.717, 1.165) is 0 Å². The van der Waals surface area contributed by atoms with E-state index in [0.29, 0.717) is 21.7 Å². The number of alkyl halides is 1. The van der Waals surface area contributed by atoms with Gasteiger partial charge in [-0.2, -0.15) is 4.90 Å². The van der Waals surface area contributed by atoms with Gasteiger partial charge in [0.15, 0.2) is 20.9 Å². The molecule has 1 unspecified atom stereocenters. The molecule has 51 heavy (non-hydrogen) atoms. The minimum absolute atomic E-state index is 0.154. The van der Waals surface area contributed by atoms with Gasteiger partial charge in [-0.05, 0) is 103 Å². The molecule has 0 bridgehead atoms. The smallest absolute Gasteiger partial charge is 0.480 e. The Hall–Kier alpha value is -3.38. The van der Waals surface area contributed by atoms with E-state index in [1.807, 2.05) is 0 Å². The average Bonchev–Trinajstić information content (AvgIpc) is 2.87. The van der Waals surface area contributed by atoms with Gasteiger partial charge in [-0.15, -0.1) is 0 Å². The molecule has 2 amide bonds. The standard InChI is InChI=1S/C35H52INO14/c1-31(2,3)48-27(40)37(28(41)49-32(4,5)6)23(26(38)39)15-20-16-24(46-29(42)50-33(7,8)9)25(47-30(43)51-34(10,11)12)17-22(20)36-21-18-44-35(13,14)45-19-21/h16-17,21,23H,15,18-19H2,1-14H3/p+1. The highest BCUT2D eigenvalue weighted by Gasteiger charge is 2.44. The Morgan fingerprint density at radius 1 is 0.745 bits per heavy atom. The highest BCUT2D eigenvalue weighted by molar-refractivity contribution is 5.93. The lowest BCUT2D eigenvalue weighted by Gasteiger charge is -2.32. The first-order chi connectivity index (χ1) is 22.9. The van der Waals surface area contributed by atoms with Crippen LogP contribution in [0.1, 0.15) is 102 Å². The molecule has 0 aromatic heterocycles. The first-order valence-electron chi connectivity index (χ1n) is 16.3. The molecule has 0 saturated carbocycles. The number of rotatable bonds is 8. The molecule has 16 heteroatoms. The summed E-state index contributed by atoms with van der Waals surface area (Å²) in [4.78, 5) is 66.0. The van der Waals surface area contributed by atoms with E-state index in [2.05, 4.69) is 0 Å². The fourth-order valence-electron chi connectivity index (χ4n) is 4.07. The van der Waals surface area contributed by atoms with Crippen molar-refractivity contribution in [1.82, 2.24) is 4.90 Å². The van der Waals surface area contributed by atoms with Gasteiger partial charge < -0.3 is 43.0 Å². The minimum atomic E-state index is -1.86. The number of benzene rings is 1. The molecular weight excluding hydrogens is 785 g/mol. The zero-order chi connectivity index (χ0) is 39.3. The van der Waals surface area contributed by atoms with Crippen LogP contribution >= 0.6 is 0 Å². The molecule has 0 aliphatic carbocycles. The summed E-state index contributed by atoms with van der Waals surface area (Å²) in [5, 5.41) is 10.5. The van der Waals surface area contributed by atoms with E-state index in [9.17, 15) is 29.1 Å². The second kappa shape index (κ2) is 16.5. The van der Waals surface area contributed by atoms with Crippen molar-refractivity contribution in [3.8, 4) is 11.5 Å². The van der Waals surface area contributed by atoms with Gasteiger partial charge in [-0.3, -0.25) is 0 Å². The molecule has 1 aliphatic heterocycles. The van der Waals surface area contributed by atoms with Crippen LogP contribution in [0.2, 0.25) is 0 Å². The van der Waals surface area contributed by atoms with Crippen LogP contribution in [-0.4, -0.2) is 91.8 Å². The molecule has 2 rings (SSSR count). The van der Waals surface area contributed by atoms with Crippen molar-refractivity contribution in [2.45, 2.75) is 142 Å². The molecule has 288 valence electrons. The average molecular weight is 839 g/mol. The predicted octanol–water partition coefficient (Wildman–Crippen LogP) is 3.89. The Kier molecular flexibility index (Phi) is 14.2. The first-order valence-corrected chi connectivity index (χ1v) is 18.6. The van der Waals surface area contributed by atoms with Crippen molar-refractivity contribution >= 4 is 30.5 Å². The molecule has 1 N–H and O–H groups in total. The lowest BCUT2D eigenvalue weighted by atomic mass is 10.0. The van der Waals surface area contributed by atoms with Crippen LogP contribution in [-0.2, 0) is 39.6 Å². The highest BCUT2D eigenvalue weighted by atomic mass is 127. The predicted molar refractivity (Wildman–Crippen MR) is 178 cm³/mol. The molecule has 0 radical (unpaired) electrons. The van der Waals surface area contributed by atoms with E-state index < -0.39 is 92.3 Å². The van der Waals surface area contributed by atoms with Crippen LogP contribution in [0.4, 0.5) is 19.2 Å². The summed E-state index contributed by atoms with van der Waals surface area (Å²) in [6, 6.07) is 0.893. The summed E-state index contributed by atoms with van der Waals surface area (Å²) in [7, 11) is 0. The zero-order valence-electron chi connectivity index (χ0n) is 32.0. The van der Waals surface area contributed by atoms with Crippen molar-refractivity contribution in [3.63, 3.8) is 0 Å². The van der Waals surface area contributed by atoms with Crippen molar-refractivity contribution in [2.75, 3.05) is 13.2 Å². The van der Waals surface area contributed by atoms with E-state index in [1.165, 1.54) is 12.1 Å². The van der Waals surface area contributed by atoms with Crippen LogP contribution in [0.5, 0.6) is 11.5 Å². The summed E-state index contributed by atoms with van der Waals surface area (Å²) in [6.45, 7) is 23.4. The normalized spacial score (nSPS) is 16.0. The number of hydrogen-bond donors (Lipinski definition) is 1. The van der Waals surface area contributed by atoms with Crippen LogP contribution in [0.25, 0.3) is 0 Å². The van der Waals surface area contributed by atoms with Gasteiger partial charge in [0, 0.05) is 18.1 Å². The summed E-state index contributed by atoms with van der Waals surface area (Å²) in [6.07, 6.45) is -5.21. The Bertz CT molecular complexity index is 1410. The molecule has 0 spiro atoms. The molecule has 1 aromatic rings. The largest absolute Gasteiger partial charge is 0.514 e. The number of carbonyl (C=O) groups excluding carboxylic acids is 4. The molecule has 1 saturated heterocycles. The Balaban J connectivity index is 2.80. The third-order valence-electron chi connectivity index (χ3n) is 5.96.